The van der Waals surface area contributed by atoms with E-state index in [4.69, 9.17) is 10.8 Å². The van der Waals surface area contributed by atoms with Crippen molar-refractivity contribution in [2.45, 2.75) is 10.2 Å². The minimum Gasteiger partial charge on any atom is -0.478 e. The minimum atomic E-state index is -1.35. The largest absolute Gasteiger partial charge is 0.478 e. The highest BCUT2D eigenvalue weighted by Crippen LogP contribution is 2.31. The van der Waals surface area contributed by atoms with Gasteiger partial charge in [0.05, 0.1) is 10.5 Å². The fourth-order valence-corrected chi connectivity index (χ4v) is 2.10. The number of carboxylic acids is 1. The summed E-state index contributed by atoms with van der Waals surface area (Å²) in [6.07, 6.45) is 2.95. The third-order valence-corrected chi connectivity index (χ3v) is 3.05. The highest BCUT2D eigenvalue weighted by molar-refractivity contribution is 7.99. The van der Waals surface area contributed by atoms with Crippen LogP contribution in [0.2, 0.25) is 0 Å². The zero-order valence-electron chi connectivity index (χ0n) is 9.76. The summed E-state index contributed by atoms with van der Waals surface area (Å²) in [7, 11) is 0. The van der Waals surface area contributed by atoms with Crippen molar-refractivity contribution in [2.75, 3.05) is 5.73 Å². The molecule has 2 rings (SSSR count). The van der Waals surface area contributed by atoms with E-state index in [1.165, 1.54) is 12.4 Å². The Labute approximate surface area is 116 Å². The molecule has 10 heteroatoms. The SMILES string of the molecule is Nc1nc(Sc2ncccn2)c(C(=O)O)cc1[N+](=O)[O-]. The summed E-state index contributed by atoms with van der Waals surface area (Å²) in [4.78, 5) is 32.6. The van der Waals surface area contributed by atoms with Crippen molar-refractivity contribution in [3.05, 3.63) is 40.2 Å². The smallest absolute Gasteiger partial charge is 0.338 e. The van der Waals surface area contributed by atoms with Crippen LogP contribution in [-0.2, 0) is 0 Å². The average Bonchev–Trinajstić information content (AvgIpc) is 2.39. The normalized spacial score (nSPS) is 10.2. The topological polar surface area (TPSA) is 145 Å². The number of carboxylic acid groups (broad SMARTS) is 1. The first-order valence-corrected chi connectivity index (χ1v) is 5.93. The van der Waals surface area contributed by atoms with E-state index < -0.39 is 16.6 Å². The molecule has 0 unspecified atom stereocenters. The molecule has 20 heavy (non-hydrogen) atoms. The Kier molecular flexibility index (Phi) is 3.75. The third-order valence-electron chi connectivity index (χ3n) is 2.15. The second-order valence-electron chi connectivity index (χ2n) is 3.44. The number of pyridine rings is 1. The van der Waals surface area contributed by atoms with E-state index in [0.29, 0.717) is 0 Å². The molecule has 0 radical (unpaired) electrons. The molecule has 9 nitrogen and oxygen atoms in total. The summed E-state index contributed by atoms with van der Waals surface area (Å²) in [6.45, 7) is 0. The quantitative estimate of drug-likeness (QED) is 0.482. The van der Waals surface area contributed by atoms with Crippen LogP contribution in [0, 0.1) is 10.1 Å². The predicted molar refractivity (Wildman–Crippen MR) is 68.4 cm³/mol. The highest BCUT2D eigenvalue weighted by atomic mass is 32.2. The van der Waals surface area contributed by atoms with Crippen molar-refractivity contribution in [3.63, 3.8) is 0 Å². The molecule has 0 fully saturated rings. The number of hydrogen-bond acceptors (Lipinski definition) is 8. The molecule has 2 aromatic heterocycles. The van der Waals surface area contributed by atoms with Crippen molar-refractivity contribution >= 4 is 29.2 Å². The Bertz CT molecular complexity index is 679. The first kappa shape index (κ1) is 13.7. The number of anilines is 1. The fourth-order valence-electron chi connectivity index (χ4n) is 1.30. The molecule has 0 aliphatic heterocycles. The first-order chi connectivity index (χ1) is 9.49. The van der Waals surface area contributed by atoms with E-state index >= 15 is 0 Å². The van der Waals surface area contributed by atoms with Gasteiger partial charge in [-0.3, -0.25) is 10.1 Å². The first-order valence-electron chi connectivity index (χ1n) is 5.12. The van der Waals surface area contributed by atoms with Gasteiger partial charge in [0.25, 0.3) is 0 Å². The molecule has 0 bridgehead atoms. The molecule has 102 valence electrons. The maximum absolute atomic E-state index is 11.1. The van der Waals surface area contributed by atoms with Gasteiger partial charge in [0.15, 0.2) is 5.16 Å². The van der Waals surface area contributed by atoms with E-state index in [1.807, 2.05) is 0 Å². The number of nitro groups is 1. The monoisotopic (exact) mass is 293 g/mol. The molecule has 0 amide bonds. The number of aromatic nitrogens is 3. The number of nitrogens with two attached hydrogens (primary N) is 1. The Balaban J connectivity index is 2.49. The molecule has 0 saturated heterocycles. The van der Waals surface area contributed by atoms with E-state index in [2.05, 4.69) is 15.0 Å². The van der Waals surface area contributed by atoms with Crippen LogP contribution in [0.1, 0.15) is 10.4 Å². The minimum absolute atomic E-state index is 0.00759. The summed E-state index contributed by atoms with van der Waals surface area (Å²) >= 11 is 0.860. The number of aromatic carboxylic acids is 1. The molecule has 0 atom stereocenters. The van der Waals surface area contributed by atoms with Crippen LogP contribution < -0.4 is 5.73 Å². The van der Waals surface area contributed by atoms with Crippen molar-refractivity contribution < 1.29 is 14.8 Å². The molecule has 0 spiro atoms. The van der Waals surface area contributed by atoms with Crippen molar-refractivity contribution in [1.82, 2.24) is 15.0 Å². The summed E-state index contributed by atoms with van der Waals surface area (Å²) in [5.74, 6) is -1.71. The summed E-state index contributed by atoms with van der Waals surface area (Å²) in [5.41, 5.74) is 4.56. The molecular weight excluding hydrogens is 286 g/mol. The van der Waals surface area contributed by atoms with Gasteiger partial charge >= 0.3 is 11.7 Å². The summed E-state index contributed by atoms with van der Waals surface area (Å²) < 4.78 is 0. The van der Waals surface area contributed by atoms with E-state index in [9.17, 15) is 14.9 Å². The molecule has 0 aromatic carbocycles. The lowest BCUT2D eigenvalue weighted by Gasteiger charge is -2.05. The van der Waals surface area contributed by atoms with Crippen molar-refractivity contribution in [3.8, 4) is 0 Å². The van der Waals surface area contributed by atoms with Crippen molar-refractivity contribution in [2.24, 2.45) is 0 Å². The molecular formula is C10H7N5O4S. The number of nitrogens with zero attached hydrogens (tertiary/aromatic N) is 4. The van der Waals surface area contributed by atoms with Crippen LogP contribution in [0.5, 0.6) is 0 Å². The second-order valence-corrected chi connectivity index (χ2v) is 4.40. The van der Waals surface area contributed by atoms with E-state index in [1.54, 1.807) is 6.07 Å². The van der Waals surface area contributed by atoms with Crippen molar-refractivity contribution in [1.29, 1.82) is 0 Å². The van der Waals surface area contributed by atoms with Gasteiger partial charge < -0.3 is 10.8 Å². The van der Waals surface area contributed by atoms with Gasteiger partial charge in [0, 0.05) is 18.5 Å². The lowest BCUT2D eigenvalue weighted by Crippen LogP contribution is -2.07. The van der Waals surface area contributed by atoms with Crippen LogP contribution in [0.3, 0.4) is 0 Å². The predicted octanol–water partition coefficient (Wildman–Crippen LogP) is 1.21. The fraction of sp³-hybridized carbons (Fsp3) is 0. The van der Waals surface area contributed by atoms with Gasteiger partial charge in [-0.25, -0.2) is 19.7 Å². The Morgan fingerprint density at radius 2 is 2.05 bits per heavy atom. The molecule has 0 aliphatic carbocycles. The van der Waals surface area contributed by atoms with Gasteiger partial charge in [-0.1, -0.05) is 0 Å². The van der Waals surface area contributed by atoms with Crippen LogP contribution in [0.25, 0.3) is 0 Å². The van der Waals surface area contributed by atoms with Gasteiger partial charge in [-0.05, 0) is 17.8 Å². The third kappa shape index (κ3) is 2.80. The zero-order valence-corrected chi connectivity index (χ0v) is 10.6. The summed E-state index contributed by atoms with van der Waals surface area (Å²) in [6, 6.07) is 2.47. The number of nitrogen functional groups attached to an aromatic ring is 1. The van der Waals surface area contributed by atoms with Crippen LogP contribution >= 0.6 is 11.8 Å². The number of carbonyl (C=O) groups is 1. The molecule has 3 N–H and O–H groups in total. The van der Waals surface area contributed by atoms with Gasteiger partial charge in [-0.2, -0.15) is 0 Å². The van der Waals surface area contributed by atoms with Gasteiger partial charge in [0.1, 0.15) is 5.03 Å². The molecule has 2 heterocycles. The zero-order chi connectivity index (χ0) is 14.7. The van der Waals surface area contributed by atoms with Gasteiger partial charge in [0.2, 0.25) is 5.82 Å². The second kappa shape index (κ2) is 5.48. The molecule has 0 saturated carbocycles. The van der Waals surface area contributed by atoms with E-state index in [-0.39, 0.29) is 21.6 Å². The van der Waals surface area contributed by atoms with Crippen LogP contribution in [-0.4, -0.2) is 31.0 Å². The molecule has 0 aliphatic rings. The lowest BCUT2D eigenvalue weighted by atomic mass is 10.2. The maximum atomic E-state index is 11.1. The standard InChI is InChI=1S/C10H7N5O4S/c11-7-6(15(18)19)4-5(9(16)17)8(14-7)20-10-12-2-1-3-13-10/h1-4H,(H2,11,14)(H,16,17). The van der Waals surface area contributed by atoms with E-state index in [0.717, 1.165) is 17.8 Å². The Hall–Kier alpha value is -2.75. The lowest BCUT2D eigenvalue weighted by molar-refractivity contribution is -0.384. The maximum Gasteiger partial charge on any atom is 0.338 e. The summed E-state index contributed by atoms with van der Waals surface area (Å²) in [5, 5.41) is 20.1. The average molecular weight is 293 g/mol. The number of rotatable bonds is 4. The van der Waals surface area contributed by atoms with Crippen LogP contribution in [0.4, 0.5) is 11.5 Å². The Morgan fingerprint density at radius 1 is 1.40 bits per heavy atom. The highest BCUT2D eigenvalue weighted by Gasteiger charge is 2.22. The Morgan fingerprint density at radius 3 is 2.60 bits per heavy atom. The molecule has 2 aromatic rings. The van der Waals surface area contributed by atoms with Crippen LogP contribution in [0.15, 0.2) is 34.7 Å². The number of hydrogen-bond donors (Lipinski definition) is 2. The van der Waals surface area contributed by atoms with Gasteiger partial charge in [-0.15, -0.1) is 0 Å².